The first-order valence-corrected chi connectivity index (χ1v) is 6.89. The van der Waals surface area contributed by atoms with E-state index < -0.39 is 0 Å². The first-order valence-electron chi connectivity index (χ1n) is 6.89. The maximum absolute atomic E-state index is 12.1. The van der Waals surface area contributed by atoms with Gasteiger partial charge in [-0.1, -0.05) is 13.3 Å². The van der Waals surface area contributed by atoms with Crippen LogP contribution in [0, 0.1) is 11.8 Å². The zero-order valence-corrected chi connectivity index (χ0v) is 11.5. The largest absolute Gasteiger partial charge is 0.366 e. The summed E-state index contributed by atoms with van der Waals surface area (Å²) in [4.78, 5) is 12.1. The molecule has 1 saturated carbocycles. The molecule has 2 N–H and O–H groups in total. The lowest BCUT2D eigenvalue weighted by Crippen LogP contribution is -2.09. The third-order valence-electron chi connectivity index (χ3n) is 3.59. The minimum absolute atomic E-state index is 0.193. The Morgan fingerprint density at radius 3 is 2.94 bits per heavy atom. The molecule has 1 heterocycles. The molecule has 0 bridgehead atoms. The maximum atomic E-state index is 12.1. The first kappa shape index (κ1) is 13.1. The minimum atomic E-state index is 0.193. The summed E-state index contributed by atoms with van der Waals surface area (Å²) < 4.78 is 0. The number of nitrogens with zero attached hydrogens (tertiary/aromatic N) is 1. The average molecular weight is 249 g/mol. The fraction of sp³-hybridized carbons (Fsp3) is 0.714. The van der Waals surface area contributed by atoms with Crippen LogP contribution in [0.25, 0.3) is 0 Å². The van der Waals surface area contributed by atoms with Crippen molar-refractivity contribution in [2.24, 2.45) is 11.8 Å². The van der Waals surface area contributed by atoms with E-state index in [1.54, 1.807) is 0 Å². The van der Waals surface area contributed by atoms with Crippen LogP contribution < -0.4 is 5.32 Å². The lowest BCUT2D eigenvalue weighted by Gasteiger charge is -2.06. The maximum Gasteiger partial charge on any atom is 0.180 e. The molecule has 1 aliphatic carbocycles. The zero-order valence-electron chi connectivity index (χ0n) is 11.5. The smallest absolute Gasteiger partial charge is 0.180 e. The lowest BCUT2D eigenvalue weighted by atomic mass is 9.98. The topological polar surface area (TPSA) is 57.8 Å². The predicted molar refractivity (Wildman–Crippen MR) is 72.8 cm³/mol. The van der Waals surface area contributed by atoms with Gasteiger partial charge in [-0.15, -0.1) is 0 Å². The third kappa shape index (κ3) is 3.34. The molecule has 100 valence electrons. The van der Waals surface area contributed by atoms with E-state index in [0.29, 0.717) is 24.1 Å². The number of ketones is 1. The molecular formula is C14H23N3O. The molecule has 4 nitrogen and oxygen atoms in total. The molecule has 0 saturated heterocycles. The Hall–Kier alpha value is -1.32. The molecule has 4 heteroatoms. The molecule has 1 fully saturated rings. The number of carbonyl (C=O) groups is 1. The normalized spacial score (nSPS) is 23.6. The van der Waals surface area contributed by atoms with E-state index in [0.717, 1.165) is 11.7 Å². The molecule has 0 aliphatic heterocycles. The average Bonchev–Trinajstić information content (AvgIpc) is 2.87. The molecule has 0 amide bonds. The number of H-pyrrole nitrogens is 1. The van der Waals surface area contributed by atoms with Gasteiger partial charge in [-0.2, -0.15) is 5.10 Å². The van der Waals surface area contributed by atoms with Crippen molar-refractivity contribution in [2.45, 2.75) is 52.5 Å². The van der Waals surface area contributed by atoms with Crippen LogP contribution in [0.2, 0.25) is 0 Å². The van der Waals surface area contributed by atoms with Gasteiger partial charge in [0.05, 0.1) is 0 Å². The number of carbonyl (C=O) groups excluding carboxylic acids is 1. The van der Waals surface area contributed by atoms with E-state index in [4.69, 9.17) is 0 Å². The van der Waals surface area contributed by atoms with Crippen LogP contribution in [0.4, 0.5) is 5.82 Å². The summed E-state index contributed by atoms with van der Waals surface area (Å²) in [5, 5.41) is 10.1. The van der Waals surface area contributed by atoms with Crippen molar-refractivity contribution in [3.63, 3.8) is 0 Å². The highest BCUT2D eigenvalue weighted by atomic mass is 16.1. The second kappa shape index (κ2) is 5.55. The van der Waals surface area contributed by atoms with Crippen LogP contribution in [-0.2, 0) is 0 Å². The van der Waals surface area contributed by atoms with Crippen molar-refractivity contribution in [1.82, 2.24) is 10.2 Å². The number of aromatic amines is 1. The number of anilines is 1. The van der Waals surface area contributed by atoms with Gasteiger partial charge in [0.2, 0.25) is 0 Å². The number of aromatic nitrogens is 2. The molecule has 2 atom stereocenters. The number of hydrogen-bond acceptors (Lipinski definition) is 3. The van der Waals surface area contributed by atoms with E-state index in [1.165, 1.54) is 19.3 Å². The summed E-state index contributed by atoms with van der Waals surface area (Å²) in [6, 6.07) is 2.15. The fourth-order valence-electron chi connectivity index (χ4n) is 2.72. The van der Waals surface area contributed by atoms with Crippen LogP contribution >= 0.6 is 0 Å². The predicted octanol–water partition coefficient (Wildman–Crippen LogP) is 3.24. The number of nitrogens with one attached hydrogen (secondary N) is 2. The van der Waals surface area contributed by atoms with E-state index in [-0.39, 0.29) is 5.78 Å². The third-order valence-corrected chi connectivity index (χ3v) is 3.59. The quantitative estimate of drug-likeness (QED) is 0.788. The van der Waals surface area contributed by atoms with E-state index in [1.807, 2.05) is 6.07 Å². The van der Waals surface area contributed by atoms with Crippen LogP contribution in [0.3, 0.4) is 0 Å². The SMILES string of the molecule is CC(C)Nc1cc(C(=O)CC2CC[C@@H](C)C2)[nH]n1. The van der Waals surface area contributed by atoms with E-state index in [2.05, 4.69) is 36.3 Å². The second-order valence-electron chi connectivity index (χ2n) is 5.88. The van der Waals surface area contributed by atoms with Crippen molar-refractivity contribution in [3.8, 4) is 0 Å². The Labute approximate surface area is 109 Å². The molecule has 18 heavy (non-hydrogen) atoms. The van der Waals surface area contributed by atoms with Crippen molar-refractivity contribution in [1.29, 1.82) is 0 Å². The van der Waals surface area contributed by atoms with Crippen molar-refractivity contribution in [2.75, 3.05) is 5.32 Å². The van der Waals surface area contributed by atoms with Gasteiger partial charge >= 0.3 is 0 Å². The highest BCUT2D eigenvalue weighted by molar-refractivity contribution is 5.95. The van der Waals surface area contributed by atoms with Gasteiger partial charge in [-0.25, -0.2) is 0 Å². The Morgan fingerprint density at radius 1 is 1.56 bits per heavy atom. The van der Waals surface area contributed by atoms with E-state index in [9.17, 15) is 4.79 Å². The van der Waals surface area contributed by atoms with Gasteiger partial charge in [0, 0.05) is 18.5 Å². The Morgan fingerprint density at radius 2 is 2.33 bits per heavy atom. The number of Topliss-reactive ketones (excluding diaryl/α,β-unsaturated/α-hetero) is 1. The van der Waals surface area contributed by atoms with Crippen LogP contribution in [0.15, 0.2) is 6.07 Å². The molecule has 1 aliphatic rings. The minimum Gasteiger partial charge on any atom is -0.366 e. The van der Waals surface area contributed by atoms with Crippen LogP contribution in [-0.4, -0.2) is 22.0 Å². The second-order valence-corrected chi connectivity index (χ2v) is 5.88. The first-order chi connectivity index (χ1) is 8.54. The molecule has 2 rings (SSSR count). The molecule has 1 aromatic rings. The fourth-order valence-corrected chi connectivity index (χ4v) is 2.72. The molecular weight excluding hydrogens is 226 g/mol. The lowest BCUT2D eigenvalue weighted by molar-refractivity contribution is 0.0956. The Bertz CT molecular complexity index is 411. The summed E-state index contributed by atoms with van der Waals surface area (Å²) in [5.74, 6) is 2.30. The molecule has 0 aromatic carbocycles. The van der Waals surface area contributed by atoms with Gasteiger partial charge in [-0.3, -0.25) is 9.89 Å². The highest BCUT2D eigenvalue weighted by Gasteiger charge is 2.24. The van der Waals surface area contributed by atoms with Crippen molar-refractivity contribution < 1.29 is 4.79 Å². The molecule has 0 radical (unpaired) electrons. The van der Waals surface area contributed by atoms with Crippen LogP contribution in [0.5, 0.6) is 0 Å². The van der Waals surface area contributed by atoms with Gasteiger partial charge in [0.1, 0.15) is 11.5 Å². The van der Waals surface area contributed by atoms with Crippen molar-refractivity contribution in [3.05, 3.63) is 11.8 Å². The number of rotatable bonds is 5. The summed E-state index contributed by atoms with van der Waals surface area (Å²) in [7, 11) is 0. The van der Waals surface area contributed by atoms with Crippen LogP contribution in [0.1, 0.15) is 56.9 Å². The zero-order chi connectivity index (χ0) is 13.1. The monoisotopic (exact) mass is 249 g/mol. The summed E-state index contributed by atoms with van der Waals surface area (Å²) >= 11 is 0. The Balaban J connectivity index is 1.90. The van der Waals surface area contributed by atoms with Crippen molar-refractivity contribution >= 4 is 11.6 Å². The van der Waals surface area contributed by atoms with Gasteiger partial charge in [0.25, 0.3) is 0 Å². The van der Waals surface area contributed by atoms with Gasteiger partial charge in [-0.05, 0) is 38.5 Å². The van der Waals surface area contributed by atoms with Gasteiger partial charge in [0.15, 0.2) is 5.78 Å². The highest BCUT2D eigenvalue weighted by Crippen LogP contribution is 2.33. The van der Waals surface area contributed by atoms with Gasteiger partial charge < -0.3 is 5.32 Å². The van der Waals surface area contributed by atoms with E-state index >= 15 is 0 Å². The number of hydrogen-bond donors (Lipinski definition) is 2. The molecule has 0 spiro atoms. The summed E-state index contributed by atoms with van der Waals surface area (Å²) in [6.07, 6.45) is 4.31. The Kier molecular flexibility index (Phi) is 4.04. The molecule has 1 aromatic heterocycles. The standard InChI is InChI=1S/C14H23N3O/c1-9(2)15-14-8-12(16-17-14)13(18)7-11-5-4-10(3)6-11/h8-11H,4-7H2,1-3H3,(H2,15,16,17)/t10-,11?/m1/s1. The summed E-state index contributed by atoms with van der Waals surface area (Å²) in [6.45, 7) is 6.37. The summed E-state index contributed by atoms with van der Waals surface area (Å²) in [5.41, 5.74) is 0.637. The molecule has 1 unspecified atom stereocenters.